The Kier molecular flexibility index (Phi) is 4.97. The molecule has 2 unspecified atom stereocenters. The maximum atomic E-state index is 12.0. The van der Waals surface area contributed by atoms with Gasteiger partial charge in [0.2, 0.25) is 5.91 Å². The number of ether oxygens (including phenoxy) is 1. The average Bonchev–Trinajstić information content (AvgIpc) is 3.02. The summed E-state index contributed by atoms with van der Waals surface area (Å²) in [6, 6.07) is 1.99. The maximum Gasteiger partial charge on any atom is 0.226 e. The van der Waals surface area contributed by atoms with Crippen LogP contribution in [0, 0.1) is 17.8 Å². The number of thiophene rings is 1. The highest BCUT2D eigenvalue weighted by Crippen LogP contribution is 2.21. The van der Waals surface area contributed by atoms with Gasteiger partial charge in [0, 0.05) is 22.4 Å². The van der Waals surface area contributed by atoms with Crippen LogP contribution in [-0.2, 0) is 16.1 Å². The molecule has 4 nitrogen and oxygen atoms in total. The fraction of sp³-hybridized carbons (Fsp3) is 0.500. The lowest BCUT2D eigenvalue weighted by atomic mass is 10.0. The fourth-order valence-electron chi connectivity index (χ4n) is 2.07. The first-order valence-electron chi connectivity index (χ1n) is 6.36. The molecule has 1 fully saturated rings. The highest BCUT2D eigenvalue weighted by molar-refractivity contribution is 7.10. The van der Waals surface area contributed by atoms with E-state index in [1.165, 1.54) is 0 Å². The highest BCUT2D eigenvalue weighted by Gasteiger charge is 2.30. The van der Waals surface area contributed by atoms with E-state index in [0.717, 1.165) is 16.9 Å². The fourth-order valence-corrected chi connectivity index (χ4v) is 2.83. The Morgan fingerprint density at radius 2 is 2.53 bits per heavy atom. The van der Waals surface area contributed by atoms with Crippen LogP contribution in [0.5, 0.6) is 0 Å². The smallest absolute Gasteiger partial charge is 0.226 e. The number of carbonyl (C=O) groups is 1. The van der Waals surface area contributed by atoms with Crippen molar-refractivity contribution in [3.05, 3.63) is 21.9 Å². The summed E-state index contributed by atoms with van der Waals surface area (Å²) in [4.78, 5) is 13.1. The summed E-state index contributed by atoms with van der Waals surface area (Å²) in [6.07, 6.45) is 0.833. The molecular weight excluding hydrogens is 260 g/mol. The predicted molar refractivity (Wildman–Crippen MR) is 75.6 cm³/mol. The lowest BCUT2D eigenvalue weighted by Gasteiger charge is -2.13. The van der Waals surface area contributed by atoms with Gasteiger partial charge in [-0.1, -0.05) is 11.8 Å². The molecule has 2 rings (SSSR count). The van der Waals surface area contributed by atoms with Gasteiger partial charge in [0.1, 0.15) is 0 Å². The second-order valence-electron chi connectivity index (χ2n) is 4.50. The van der Waals surface area contributed by atoms with Gasteiger partial charge in [-0.15, -0.1) is 11.3 Å². The normalized spacial score (nSPS) is 21.8. The van der Waals surface area contributed by atoms with Crippen LogP contribution in [0.25, 0.3) is 0 Å². The molecule has 0 bridgehead atoms. The van der Waals surface area contributed by atoms with Crippen molar-refractivity contribution in [3.63, 3.8) is 0 Å². The zero-order chi connectivity index (χ0) is 13.7. The van der Waals surface area contributed by atoms with Crippen molar-refractivity contribution in [2.45, 2.75) is 26.0 Å². The van der Waals surface area contributed by atoms with Crippen LogP contribution < -0.4 is 11.1 Å². The SMILES string of the molecule is CC1OCCC1C(=O)NCc1cc(C#CCN)cs1. The van der Waals surface area contributed by atoms with Gasteiger partial charge in [-0.25, -0.2) is 0 Å². The first-order valence-corrected chi connectivity index (χ1v) is 7.24. The summed E-state index contributed by atoms with van der Waals surface area (Å²) in [5.41, 5.74) is 6.28. The van der Waals surface area contributed by atoms with Gasteiger partial charge < -0.3 is 15.8 Å². The Labute approximate surface area is 117 Å². The minimum absolute atomic E-state index is 0.0172. The number of nitrogens with one attached hydrogen (secondary N) is 1. The average molecular weight is 278 g/mol. The Morgan fingerprint density at radius 3 is 3.21 bits per heavy atom. The Bertz CT molecular complexity index is 501. The van der Waals surface area contributed by atoms with Crippen LogP contribution in [-0.4, -0.2) is 25.2 Å². The van der Waals surface area contributed by atoms with Gasteiger partial charge >= 0.3 is 0 Å². The predicted octanol–water partition coefficient (Wildman–Crippen LogP) is 1.10. The minimum Gasteiger partial charge on any atom is -0.378 e. The van der Waals surface area contributed by atoms with Crippen molar-refractivity contribution in [2.24, 2.45) is 11.7 Å². The van der Waals surface area contributed by atoms with Crippen molar-refractivity contribution in [3.8, 4) is 11.8 Å². The van der Waals surface area contributed by atoms with E-state index in [0.29, 0.717) is 19.7 Å². The summed E-state index contributed by atoms with van der Waals surface area (Å²) >= 11 is 1.60. The molecule has 102 valence electrons. The largest absolute Gasteiger partial charge is 0.378 e. The summed E-state index contributed by atoms with van der Waals surface area (Å²) < 4.78 is 5.40. The number of hydrogen-bond donors (Lipinski definition) is 2. The zero-order valence-electron chi connectivity index (χ0n) is 10.9. The van der Waals surface area contributed by atoms with Crippen molar-refractivity contribution in [1.82, 2.24) is 5.32 Å². The van der Waals surface area contributed by atoms with Crippen LogP contribution >= 0.6 is 11.3 Å². The zero-order valence-corrected chi connectivity index (χ0v) is 11.8. The van der Waals surface area contributed by atoms with E-state index in [9.17, 15) is 4.79 Å². The third-order valence-electron chi connectivity index (χ3n) is 3.14. The van der Waals surface area contributed by atoms with Crippen LogP contribution in [0.1, 0.15) is 23.8 Å². The lowest BCUT2D eigenvalue weighted by Crippen LogP contribution is -2.33. The van der Waals surface area contributed by atoms with Crippen molar-refractivity contribution in [1.29, 1.82) is 0 Å². The molecule has 2 heterocycles. The van der Waals surface area contributed by atoms with E-state index in [1.807, 2.05) is 18.4 Å². The molecule has 0 aromatic carbocycles. The summed E-state index contributed by atoms with van der Waals surface area (Å²) in [5, 5.41) is 4.94. The molecule has 1 aliphatic heterocycles. The van der Waals surface area contributed by atoms with Gasteiger partial charge in [-0.2, -0.15) is 0 Å². The first kappa shape index (κ1) is 14.1. The van der Waals surface area contributed by atoms with E-state index in [2.05, 4.69) is 17.2 Å². The molecular formula is C14H18N2O2S. The highest BCUT2D eigenvalue weighted by atomic mass is 32.1. The summed E-state index contributed by atoms with van der Waals surface area (Å²) in [7, 11) is 0. The lowest BCUT2D eigenvalue weighted by molar-refractivity contribution is -0.126. The van der Waals surface area contributed by atoms with Crippen molar-refractivity contribution in [2.75, 3.05) is 13.2 Å². The molecule has 1 aromatic heterocycles. The standard InChI is InChI=1S/C14H18N2O2S/c1-10-13(4-6-18-10)14(17)16-8-12-7-11(9-19-12)3-2-5-15/h7,9-10,13H,4-6,8,15H2,1H3,(H,16,17). The van der Waals surface area contributed by atoms with Gasteiger partial charge in [-0.05, 0) is 19.4 Å². The van der Waals surface area contributed by atoms with E-state index in [1.54, 1.807) is 11.3 Å². The molecule has 1 amide bonds. The quantitative estimate of drug-likeness (QED) is 0.814. The van der Waals surface area contributed by atoms with Crippen molar-refractivity contribution >= 4 is 17.2 Å². The number of hydrogen-bond acceptors (Lipinski definition) is 4. The molecule has 1 aliphatic rings. The van der Waals surface area contributed by atoms with Gasteiger partial charge in [0.05, 0.1) is 25.1 Å². The molecule has 2 atom stereocenters. The Balaban J connectivity index is 1.85. The Morgan fingerprint density at radius 1 is 1.68 bits per heavy atom. The maximum absolute atomic E-state index is 12.0. The van der Waals surface area contributed by atoms with E-state index >= 15 is 0 Å². The first-order chi connectivity index (χ1) is 9.20. The van der Waals surface area contributed by atoms with Gasteiger partial charge in [0.15, 0.2) is 0 Å². The molecule has 5 heteroatoms. The molecule has 3 N–H and O–H groups in total. The van der Waals surface area contributed by atoms with Crippen LogP contribution in [0.4, 0.5) is 0 Å². The topological polar surface area (TPSA) is 64.3 Å². The molecule has 0 radical (unpaired) electrons. The van der Waals surface area contributed by atoms with E-state index in [4.69, 9.17) is 10.5 Å². The van der Waals surface area contributed by atoms with Crippen LogP contribution in [0.2, 0.25) is 0 Å². The van der Waals surface area contributed by atoms with Gasteiger partial charge in [0.25, 0.3) is 0 Å². The van der Waals surface area contributed by atoms with E-state index in [-0.39, 0.29) is 17.9 Å². The third kappa shape index (κ3) is 3.80. The minimum atomic E-state index is -0.0172. The number of nitrogens with two attached hydrogens (primary N) is 1. The molecule has 19 heavy (non-hydrogen) atoms. The summed E-state index contributed by atoms with van der Waals surface area (Å²) in [5.74, 6) is 5.85. The summed E-state index contributed by atoms with van der Waals surface area (Å²) in [6.45, 7) is 3.54. The monoisotopic (exact) mass is 278 g/mol. The molecule has 0 spiro atoms. The second-order valence-corrected chi connectivity index (χ2v) is 5.49. The molecule has 1 saturated heterocycles. The molecule has 0 saturated carbocycles. The second kappa shape index (κ2) is 6.71. The number of amides is 1. The third-order valence-corrected chi connectivity index (χ3v) is 4.08. The van der Waals surface area contributed by atoms with Crippen molar-refractivity contribution < 1.29 is 9.53 Å². The number of rotatable bonds is 3. The molecule has 0 aliphatic carbocycles. The molecule has 1 aromatic rings. The Hall–Kier alpha value is -1.35. The number of carbonyl (C=O) groups excluding carboxylic acids is 1. The van der Waals surface area contributed by atoms with Crippen LogP contribution in [0.3, 0.4) is 0 Å². The van der Waals surface area contributed by atoms with Crippen LogP contribution in [0.15, 0.2) is 11.4 Å². The van der Waals surface area contributed by atoms with E-state index < -0.39 is 0 Å². The van der Waals surface area contributed by atoms with Gasteiger partial charge in [-0.3, -0.25) is 4.79 Å².